The number of pyridine rings is 1. The fourth-order valence-corrected chi connectivity index (χ4v) is 2.49. The van der Waals surface area contributed by atoms with Crippen LogP contribution in [0.2, 0.25) is 0 Å². The molecule has 3 rings (SSSR count). The predicted molar refractivity (Wildman–Crippen MR) is 92.8 cm³/mol. The normalized spacial score (nSPS) is 10.4. The maximum Gasteiger partial charge on any atom is 0.343 e. The molecule has 6 nitrogen and oxygen atoms in total. The molecule has 0 aliphatic rings. The Labute approximate surface area is 144 Å². The number of esters is 1. The number of benzene rings is 2. The molecule has 0 saturated heterocycles. The highest BCUT2D eigenvalue weighted by Gasteiger charge is 2.18. The molecule has 0 N–H and O–H groups in total. The first kappa shape index (κ1) is 16.6. The highest BCUT2D eigenvalue weighted by Crippen LogP contribution is 2.38. The van der Waals surface area contributed by atoms with Gasteiger partial charge in [0, 0.05) is 17.8 Å². The Morgan fingerprint density at radius 1 is 0.880 bits per heavy atom. The van der Waals surface area contributed by atoms with Crippen molar-refractivity contribution in [3.05, 3.63) is 54.4 Å². The van der Waals surface area contributed by atoms with Gasteiger partial charge in [-0.05, 0) is 35.7 Å². The molecule has 0 saturated carbocycles. The number of hydrogen-bond acceptors (Lipinski definition) is 6. The summed E-state index contributed by atoms with van der Waals surface area (Å²) in [6, 6.07) is 10.4. The molecule has 0 spiro atoms. The fraction of sp³-hybridized carbons (Fsp3) is 0.158. The van der Waals surface area contributed by atoms with E-state index in [-0.39, 0.29) is 0 Å². The molecule has 0 unspecified atom stereocenters. The third-order valence-electron chi connectivity index (χ3n) is 3.72. The maximum atomic E-state index is 12.5. The molecule has 0 aliphatic carbocycles. The van der Waals surface area contributed by atoms with Crippen molar-refractivity contribution in [2.75, 3.05) is 21.3 Å². The molecule has 6 heteroatoms. The van der Waals surface area contributed by atoms with Gasteiger partial charge >= 0.3 is 5.97 Å². The lowest BCUT2D eigenvalue weighted by atomic mass is 10.1. The van der Waals surface area contributed by atoms with E-state index in [9.17, 15) is 4.79 Å². The molecule has 0 bridgehead atoms. The summed E-state index contributed by atoms with van der Waals surface area (Å²) in [7, 11) is 4.48. The van der Waals surface area contributed by atoms with Crippen LogP contribution in [0.15, 0.2) is 48.8 Å². The van der Waals surface area contributed by atoms with Crippen LogP contribution in [0.4, 0.5) is 0 Å². The molecular weight excluding hydrogens is 322 g/mol. The zero-order chi connectivity index (χ0) is 17.8. The van der Waals surface area contributed by atoms with E-state index in [1.807, 2.05) is 12.1 Å². The molecule has 2 aromatic carbocycles. The van der Waals surface area contributed by atoms with Crippen molar-refractivity contribution in [3.63, 3.8) is 0 Å². The summed E-state index contributed by atoms with van der Waals surface area (Å²) in [4.78, 5) is 16.6. The Morgan fingerprint density at radius 3 is 2.24 bits per heavy atom. The van der Waals surface area contributed by atoms with Gasteiger partial charge in [-0.2, -0.15) is 0 Å². The molecule has 25 heavy (non-hydrogen) atoms. The molecule has 0 amide bonds. The lowest BCUT2D eigenvalue weighted by Crippen LogP contribution is -2.09. The number of methoxy groups -OCH3 is 3. The van der Waals surface area contributed by atoms with Crippen LogP contribution < -0.4 is 18.9 Å². The van der Waals surface area contributed by atoms with Gasteiger partial charge in [0.1, 0.15) is 5.75 Å². The van der Waals surface area contributed by atoms with Crippen LogP contribution in [-0.2, 0) is 0 Å². The average molecular weight is 339 g/mol. The van der Waals surface area contributed by atoms with E-state index < -0.39 is 5.97 Å². The summed E-state index contributed by atoms with van der Waals surface area (Å²) in [5.41, 5.74) is 0.292. The SMILES string of the molecule is COc1cc(C(=O)Oc2ccc3ccncc3c2)cc(OC)c1OC. The van der Waals surface area contributed by atoms with Crippen LogP contribution in [0, 0.1) is 0 Å². The largest absolute Gasteiger partial charge is 0.493 e. The zero-order valence-electron chi connectivity index (χ0n) is 14.1. The molecule has 0 aliphatic heterocycles. The number of ether oxygens (including phenoxy) is 4. The topological polar surface area (TPSA) is 66.9 Å². The number of hydrogen-bond donors (Lipinski definition) is 0. The number of fused-ring (bicyclic) bond motifs is 1. The minimum atomic E-state index is -0.525. The van der Waals surface area contributed by atoms with Crippen LogP contribution in [0.25, 0.3) is 10.8 Å². The zero-order valence-corrected chi connectivity index (χ0v) is 14.1. The van der Waals surface area contributed by atoms with E-state index in [4.69, 9.17) is 18.9 Å². The first-order valence-corrected chi connectivity index (χ1v) is 7.52. The number of rotatable bonds is 5. The Morgan fingerprint density at radius 2 is 1.60 bits per heavy atom. The minimum Gasteiger partial charge on any atom is -0.493 e. The highest BCUT2D eigenvalue weighted by atomic mass is 16.5. The molecular formula is C19H17NO5. The Bertz CT molecular complexity index is 898. The van der Waals surface area contributed by atoms with Crippen LogP contribution in [0.1, 0.15) is 10.4 Å². The van der Waals surface area contributed by atoms with Gasteiger partial charge in [-0.15, -0.1) is 0 Å². The molecule has 1 heterocycles. The van der Waals surface area contributed by atoms with Crippen molar-refractivity contribution in [2.45, 2.75) is 0 Å². The summed E-state index contributed by atoms with van der Waals surface area (Å²) in [5.74, 6) is 1.09. The van der Waals surface area contributed by atoms with Gasteiger partial charge in [0.25, 0.3) is 0 Å². The second kappa shape index (κ2) is 7.09. The number of nitrogens with zero attached hydrogens (tertiary/aromatic N) is 1. The van der Waals surface area contributed by atoms with Crippen molar-refractivity contribution < 1.29 is 23.7 Å². The van der Waals surface area contributed by atoms with Gasteiger partial charge in [0.2, 0.25) is 5.75 Å². The Hall–Kier alpha value is -3.28. The van der Waals surface area contributed by atoms with Crippen molar-refractivity contribution in [1.82, 2.24) is 4.98 Å². The van der Waals surface area contributed by atoms with Crippen LogP contribution in [-0.4, -0.2) is 32.3 Å². The molecule has 0 atom stereocenters. The van der Waals surface area contributed by atoms with Gasteiger partial charge in [0.15, 0.2) is 11.5 Å². The summed E-state index contributed by atoms with van der Waals surface area (Å²) >= 11 is 0. The van der Waals surface area contributed by atoms with Crippen molar-refractivity contribution >= 4 is 16.7 Å². The minimum absolute atomic E-state index is 0.292. The van der Waals surface area contributed by atoms with Crippen molar-refractivity contribution in [2.24, 2.45) is 0 Å². The van der Waals surface area contributed by atoms with Crippen LogP contribution in [0.3, 0.4) is 0 Å². The van der Waals surface area contributed by atoms with Crippen LogP contribution >= 0.6 is 0 Å². The maximum absolute atomic E-state index is 12.5. The lowest BCUT2D eigenvalue weighted by Gasteiger charge is -2.13. The quantitative estimate of drug-likeness (QED) is 0.524. The van der Waals surface area contributed by atoms with E-state index in [0.29, 0.717) is 28.6 Å². The number of carbonyl (C=O) groups is 1. The molecule has 0 fully saturated rings. The summed E-state index contributed by atoms with van der Waals surface area (Å²) in [5, 5.41) is 1.90. The van der Waals surface area contributed by atoms with Crippen LogP contribution in [0.5, 0.6) is 23.0 Å². The van der Waals surface area contributed by atoms with E-state index in [2.05, 4.69) is 4.98 Å². The second-order valence-electron chi connectivity index (χ2n) is 5.19. The van der Waals surface area contributed by atoms with E-state index >= 15 is 0 Å². The third-order valence-corrected chi connectivity index (χ3v) is 3.72. The van der Waals surface area contributed by atoms with Crippen molar-refractivity contribution in [3.8, 4) is 23.0 Å². The summed E-state index contributed by atoms with van der Waals surface area (Å²) < 4.78 is 21.2. The predicted octanol–water partition coefficient (Wildman–Crippen LogP) is 3.48. The average Bonchev–Trinajstić information content (AvgIpc) is 2.66. The highest BCUT2D eigenvalue weighted by molar-refractivity contribution is 5.93. The number of carbonyl (C=O) groups excluding carboxylic acids is 1. The first-order valence-electron chi connectivity index (χ1n) is 7.52. The molecule has 0 radical (unpaired) electrons. The monoisotopic (exact) mass is 339 g/mol. The van der Waals surface area contributed by atoms with Gasteiger partial charge < -0.3 is 18.9 Å². The molecule has 3 aromatic rings. The van der Waals surface area contributed by atoms with E-state index in [1.165, 1.54) is 21.3 Å². The van der Waals surface area contributed by atoms with Gasteiger partial charge in [-0.3, -0.25) is 4.98 Å². The van der Waals surface area contributed by atoms with E-state index in [0.717, 1.165) is 10.8 Å². The van der Waals surface area contributed by atoms with E-state index in [1.54, 1.807) is 36.7 Å². The molecule has 128 valence electrons. The Kier molecular flexibility index (Phi) is 4.70. The summed E-state index contributed by atoms with van der Waals surface area (Å²) in [6.45, 7) is 0. The standard InChI is InChI=1S/C19H17NO5/c1-22-16-9-13(10-17(23-2)18(16)24-3)19(21)25-15-5-4-12-6-7-20-11-14(12)8-15/h4-11H,1-3H3. The third kappa shape index (κ3) is 3.33. The fourth-order valence-electron chi connectivity index (χ4n) is 2.49. The Balaban J connectivity index is 1.91. The second-order valence-corrected chi connectivity index (χ2v) is 5.19. The first-order chi connectivity index (χ1) is 12.2. The van der Waals surface area contributed by atoms with Gasteiger partial charge in [0.05, 0.1) is 26.9 Å². The lowest BCUT2D eigenvalue weighted by molar-refractivity contribution is 0.0734. The van der Waals surface area contributed by atoms with Gasteiger partial charge in [-0.1, -0.05) is 6.07 Å². The van der Waals surface area contributed by atoms with Crippen molar-refractivity contribution in [1.29, 1.82) is 0 Å². The van der Waals surface area contributed by atoms with Gasteiger partial charge in [-0.25, -0.2) is 4.79 Å². The molecule has 1 aromatic heterocycles. The summed E-state index contributed by atoms with van der Waals surface area (Å²) in [6.07, 6.45) is 3.43. The number of aromatic nitrogens is 1. The smallest absolute Gasteiger partial charge is 0.343 e.